The van der Waals surface area contributed by atoms with E-state index in [0.29, 0.717) is 39.4 Å². The third-order valence-electron chi connectivity index (χ3n) is 4.90. The molecule has 1 aromatic carbocycles. The first kappa shape index (κ1) is 18.3. The quantitative estimate of drug-likeness (QED) is 0.771. The lowest BCUT2D eigenvalue weighted by Gasteiger charge is -2.31. The average molecular weight is 364 g/mol. The van der Waals surface area contributed by atoms with E-state index in [9.17, 15) is 14.9 Å². The Bertz CT molecular complexity index is 1090. The number of pyridine rings is 1. The van der Waals surface area contributed by atoms with Gasteiger partial charge in [0, 0.05) is 23.0 Å². The highest BCUT2D eigenvalue weighted by molar-refractivity contribution is 5.97. The fraction of sp³-hybridized carbons (Fsp3) is 0.250. The van der Waals surface area contributed by atoms with Crippen molar-refractivity contribution < 1.29 is 9.53 Å². The van der Waals surface area contributed by atoms with Crippen molar-refractivity contribution >= 4 is 11.6 Å². The van der Waals surface area contributed by atoms with Gasteiger partial charge >= 0.3 is 0 Å². The van der Waals surface area contributed by atoms with Crippen LogP contribution in [0.1, 0.15) is 40.7 Å². The van der Waals surface area contributed by atoms with Crippen molar-refractivity contribution in [3.05, 3.63) is 67.8 Å². The Hall–Kier alpha value is -3.53. The van der Waals surface area contributed by atoms with Crippen LogP contribution in [0.4, 0.5) is 5.69 Å². The van der Waals surface area contributed by atoms with Gasteiger partial charge in [-0.3, -0.25) is 9.59 Å². The number of methoxy groups -OCH3 is 1. The molecule has 0 radical (unpaired) electrons. The number of aryl methyl sites for hydroxylation is 2. The number of nitrogens with zero attached hydrogens (tertiary/aromatic N) is 1. The second kappa shape index (κ2) is 6.65. The molecule has 1 amide bonds. The van der Waals surface area contributed by atoms with Crippen molar-refractivity contribution in [2.75, 3.05) is 12.4 Å². The number of nitrogens with two attached hydrogens (primary N) is 1. The highest BCUT2D eigenvalue weighted by Gasteiger charge is 2.36. The monoisotopic (exact) mass is 364 g/mol. The maximum Gasteiger partial charge on any atom is 0.254 e. The van der Waals surface area contributed by atoms with Crippen LogP contribution in [0.15, 0.2) is 34.4 Å². The summed E-state index contributed by atoms with van der Waals surface area (Å²) in [6, 6.07) is 5.51. The average Bonchev–Trinajstić information content (AvgIpc) is 2.63. The van der Waals surface area contributed by atoms with Gasteiger partial charge in [-0.15, -0.1) is 0 Å². The SMILES string of the molecule is COc1cc(C#N)c(C)cc1C1C(C(N)=O)=C(C)Nc2c(C)c[nH]c(=O)c21. The maximum atomic E-state index is 12.7. The van der Waals surface area contributed by atoms with Crippen molar-refractivity contribution in [1.82, 2.24) is 4.98 Å². The summed E-state index contributed by atoms with van der Waals surface area (Å²) in [5.74, 6) is -0.910. The summed E-state index contributed by atoms with van der Waals surface area (Å²) in [4.78, 5) is 27.7. The molecule has 0 fully saturated rings. The molecule has 7 nitrogen and oxygen atoms in total. The van der Waals surface area contributed by atoms with Crippen molar-refractivity contribution in [3.8, 4) is 11.8 Å². The number of hydrogen-bond donors (Lipinski definition) is 3. The fourth-order valence-electron chi connectivity index (χ4n) is 3.58. The van der Waals surface area contributed by atoms with Crippen LogP contribution in [0.3, 0.4) is 0 Å². The van der Waals surface area contributed by atoms with E-state index in [4.69, 9.17) is 10.5 Å². The van der Waals surface area contributed by atoms with Crippen LogP contribution >= 0.6 is 0 Å². The molecular weight excluding hydrogens is 344 g/mol. The number of fused-ring (bicyclic) bond motifs is 1. The minimum absolute atomic E-state index is 0.293. The van der Waals surface area contributed by atoms with Gasteiger partial charge in [0.25, 0.3) is 5.56 Å². The molecule has 0 aliphatic carbocycles. The molecule has 4 N–H and O–H groups in total. The first-order valence-corrected chi connectivity index (χ1v) is 8.38. The first-order chi connectivity index (χ1) is 12.8. The van der Waals surface area contributed by atoms with Gasteiger partial charge in [0.2, 0.25) is 5.91 Å². The van der Waals surface area contributed by atoms with Gasteiger partial charge in [0.1, 0.15) is 5.75 Å². The lowest BCUT2D eigenvalue weighted by molar-refractivity contribution is -0.114. The second-order valence-electron chi connectivity index (χ2n) is 6.57. The number of rotatable bonds is 3. The molecule has 0 bridgehead atoms. The number of nitriles is 1. The molecule has 0 saturated heterocycles. The van der Waals surface area contributed by atoms with Crippen LogP contribution in [0.2, 0.25) is 0 Å². The molecule has 1 aliphatic heterocycles. The summed E-state index contributed by atoms with van der Waals surface area (Å²) < 4.78 is 5.49. The highest BCUT2D eigenvalue weighted by Crippen LogP contribution is 2.44. The third kappa shape index (κ3) is 2.85. The van der Waals surface area contributed by atoms with E-state index in [1.54, 1.807) is 32.2 Å². The number of carbonyl (C=O) groups is 1. The lowest BCUT2D eigenvalue weighted by Crippen LogP contribution is -2.32. The van der Waals surface area contributed by atoms with Crippen LogP contribution in [0.5, 0.6) is 5.75 Å². The van der Waals surface area contributed by atoms with Gasteiger partial charge in [-0.2, -0.15) is 5.26 Å². The number of amides is 1. The summed E-state index contributed by atoms with van der Waals surface area (Å²) in [5, 5.41) is 12.4. The first-order valence-electron chi connectivity index (χ1n) is 8.38. The topological polar surface area (TPSA) is 121 Å². The Morgan fingerprint density at radius 2 is 1.96 bits per heavy atom. The van der Waals surface area contributed by atoms with Gasteiger partial charge in [0.05, 0.1) is 35.9 Å². The molecule has 2 aromatic rings. The molecule has 138 valence electrons. The molecular formula is C20H20N4O3. The summed E-state index contributed by atoms with van der Waals surface area (Å²) in [6.45, 7) is 5.41. The van der Waals surface area contributed by atoms with Gasteiger partial charge < -0.3 is 20.8 Å². The molecule has 1 aromatic heterocycles. The lowest BCUT2D eigenvalue weighted by atomic mass is 9.79. The zero-order valence-electron chi connectivity index (χ0n) is 15.6. The molecule has 1 unspecified atom stereocenters. The predicted molar refractivity (Wildman–Crippen MR) is 102 cm³/mol. The van der Waals surface area contributed by atoms with Crippen LogP contribution in [0, 0.1) is 25.2 Å². The highest BCUT2D eigenvalue weighted by atomic mass is 16.5. The molecule has 0 saturated carbocycles. The minimum Gasteiger partial charge on any atom is -0.496 e. The number of hydrogen-bond acceptors (Lipinski definition) is 5. The number of allylic oxidation sites excluding steroid dienone is 1. The van der Waals surface area contributed by atoms with Crippen LogP contribution in [-0.2, 0) is 4.79 Å². The fourth-order valence-corrected chi connectivity index (χ4v) is 3.58. The molecule has 7 heteroatoms. The largest absolute Gasteiger partial charge is 0.496 e. The molecule has 1 atom stereocenters. The molecule has 2 heterocycles. The Labute approximate surface area is 156 Å². The zero-order chi connectivity index (χ0) is 19.9. The summed E-state index contributed by atoms with van der Waals surface area (Å²) in [5.41, 5.74) is 9.91. The number of H-pyrrole nitrogens is 1. The van der Waals surface area contributed by atoms with E-state index < -0.39 is 11.8 Å². The second-order valence-corrected chi connectivity index (χ2v) is 6.57. The summed E-state index contributed by atoms with van der Waals surface area (Å²) in [7, 11) is 1.48. The van der Waals surface area contributed by atoms with Crippen molar-refractivity contribution in [1.29, 1.82) is 5.26 Å². The van der Waals surface area contributed by atoms with E-state index in [1.165, 1.54) is 7.11 Å². The van der Waals surface area contributed by atoms with Crippen molar-refractivity contribution in [3.63, 3.8) is 0 Å². The van der Waals surface area contributed by atoms with E-state index in [-0.39, 0.29) is 5.56 Å². The number of ether oxygens (including phenoxy) is 1. The number of anilines is 1. The molecule has 1 aliphatic rings. The van der Waals surface area contributed by atoms with Crippen LogP contribution in [-0.4, -0.2) is 18.0 Å². The summed E-state index contributed by atoms with van der Waals surface area (Å²) in [6.07, 6.45) is 1.62. The Morgan fingerprint density at radius 1 is 1.26 bits per heavy atom. The number of nitrogens with one attached hydrogen (secondary N) is 2. The van der Waals surface area contributed by atoms with Gasteiger partial charge in [0.15, 0.2) is 0 Å². The Kier molecular flexibility index (Phi) is 4.50. The maximum absolute atomic E-state index is 12.7. The number of aromatic nitrogens is 1. The standard InChI is InChI=1S/C20H20N4O3/c1-9-5-13(14(27-4)6-12(9)7-21)16-15(19(22)25)11(3)24-18-10(2)8-23-20(26)17(16)18/h5-6,8,16,24H,1-4H3,(H2,22,25)(H,23,26). The number of primary amides is 1. The normalized spacial score (nSPS) is 15.6. The van der Waals surface area contributed by atoms with Gasteiger partial charge in [-0.25, -0.2) is 0 Å². The Morgan fingerprint density at radius 3 is 2.56 bits per heavy atom. The molecule has 27 heavy (non-hydrogen) atoms. The van der Waals surface area contributed by atoms with Crippen molar-refractivity contribution in [2.45, 2.75) is 26.7 Å². The van der Waals surface area contributed by atoms with E-state index in [2.05, 4.69) is 16.4 Å². The van der Waals surface area contributed by atoms with E-state index in [0.717, 1.165) is 11.1 Å². The molecule has 3 rings (SSSR count). The van der Waals surface area contributed by atoms with Crippen molar-refractivity contribution in [2.24, 2.45) is 5.73 Å². The smallest absolute Gasteiger partial charge is 0.254 e. The van der Waals surface area contributed by atoms with Crippen LogP contribution < -0.4 is 21.3 Å². The zero-order valence-corrected chi connectivity index (χ0v) is 15.6. The van der Waals surface area contributed by atoms with Gasteiger partial charge in [-0.1, -0.05) is 6.07 Å². The van der Waals surface area contributed by atoms with Crippen LogP contribution in [0.25, 0.3) is 0 Å². The Balaban J connectivity index is 2.42. The number of aromatic amines is 1. The summed E-state index contributed by atoms with van der Waals surface area (Å²) >= 11 is 0. The van der Waals surface area contributed by atoms with Gasteiger partial charge in [-0.05, 0) is 38.0 Å². The predicted octanol–water partition coefficient (Wildman–Crippen LogP) is 2.19. The number of benzene rings is 1. The number of carbonyl (C=O) groups excluding carboxylic acids is 1. The van der Waals surface area contributed by atoms with E-state index in [1.807, 2.05) is 6.92 Å². The minimum atomic E-state index is -0.705. The van der Waals surface area contributed by atoms with E-state index >= 15 is 0 Å². The third-order valence-corrected chi connectivity index (χ3v) is 4.90. The molecule has 0 spiro atoms.